The highest BCUT2D eigenvalue weighted by molar-refractivity contribution is 5.72. The van der Waals surface area contributed by atoms with E-state index in [1.165, 1.54) is 0 Å². The molecule has 0 aliphatic carbocycles. The summed E-state index contributed by atoms with van der Waals surface area (Å²) in [4.78, 5) is 0. The second kappa shape index (κ2) is 5.57. The zero-order valence-corrected chi connectivity index (χ0v) is 11.3. The summed E-state index contributed by atoms with van der Waals surface area (Å²) in [5, 5.41) is 13.3. The van der Waals surface area contributed by atoms with Crippen molar-refractivity contribution in [3.05, 3.63) is 36.0 Å². The van der Waals surface area contributed by atoms with Crippen LogP contribution in [0, 0.1) is 17.2 Å². The summed E-state index contributed by atoms with van der Waals surface area (Å²) in [6.07, 6.45) is 2.95. The molecule has 1 aromatic carbocycles. The number of nitriles is 1. The molecular weight excluding hydrogens is 236 g/mol. The first-order valence-corrected chi connectivity index (χ1v) is 6.43. The van der Waals surface area contributed by atoms with E-state index < -0.39 is 0 Å². The van der Waals surface area contributed by atoms with Gasteiger partial charge in [0.15, 0.2) is 0 Å². The Balaban J connectivity index is 2.22. The number of aryl methyl sites for hydroxylation is 1. The molecule has 2 aromatic rings. The normalized spacial score (nSPS) is 10.6. The molecule has 2 rings (SSSR count). The minimum absolute atomic E-state index is 0.640. The smallest absolute Gasteiger partial charge is 0.115 e. The van der Waals surface area contributed by atoms with E-state index >= 15 is 0 Å². The molecule has 0 aliphatic heterocycles. The third-order valence-corrected chi connectivity index (χ3v) is 3.01. The Bertz CT molecular complexity index is 588. The molecule has 0 spiro atoms. The van der Waals surface area contributed by atoms with Gasteiger partial charge in [0.2, 0.25) is 0 Å². The molecule has 19 heavy (non-hydrogen) atoms. The van der Waals surface area contributed by atoms with Gasteiger partial charge < -0.3 is 5.73 Å². The van der Waals surface area contributed by atoms with E-state index in [0.29, 0.717) is 17.2 Å². The number of rotatable bonds is 4. The average Bonchev–Trinajstić information content (AvgIpc) is 2.78. The van der Waals surface area contributed by atoms with Gasteiger partial charge in [0, 0.05) is 18.3 Å². The fourth-order valence-corrected chi connectivity index (χ4v) is 1.87. The van der Waals surface area contributed by atoms with Crippen molar-refractivity contribution in [2.24, 2.45) is 5.92 Å². The third-order valence-electron chi connectivity index (χ3n) is 3.01. The lowest BCUT2D eigenvalue weighted by Gasteiger charge is -2.04. The maximum atomic E-state index is 8.79. The number of nitrogens with zero attached hydrogens (tertiary/aromatic N) is 3. The second-order valence-electron chi connectivity index (χ2n) is 5.07. The molecule has 0 bridgehead atoms. The van der Waals surface area contributed by atoms with Crippen LogP contribution in [0.5, 0.6) is 0 Å². The number of aromatic nitrogens is 2. The van der Waals surface area contributed by atoms with E-state index in [2.05, 4.69) is 25.0 Å². The van der Waals surface area contributed by atoms with E-state index in [4.69, 9.17) is 11.0 Å². The summed E-state index contributed by atoms with van der Waals surface area (Å²) in [7, 11) is 0. The zero-order valence-electron chi connectivity index (χ0n) is 11.3. The van der Waals surface area contributed by atoms with Gasteiger partial charge in [-0.25, -0.2) is 0 Å². The summed E-state index contributed by atoms with van der Waals surface area (Å²) >= 11 is 0. The topological polar surface area (TPSA) is 67.6 Å². The van der Waals surface area contributed by atoms with Crippen LogP contribution in [0.1, 0.15) is 25.8 Å². The van der Waals surface area contributed by atoms with E-state index in [0.717, 1.165) is 24.2 Å². The van der Waals surface area contributed by atoms with Gasteiger partial charge in [-0.3, -0.25) is 4.68 Å². The van der Waals surface area contributed by atoms with Crippen LogP contribution in [0.15, 0.2) is 30.5 Å². The largest absolute Gasteiger partial charge is 0.396 e. The summed E-state index contributed by atoms with van der Waals surface area (Å²) < 4.78 is 1.89. The van der Waals surface area contributed by atoms with Crippen LogP contribution in [0.25, 0.3) is 11.3 Å². The van der Waals surface area contributed by atoms with Crippen molar-refractivity contribution in [1.29, 1.82) is 5.26 Å². The summed E-state index contributed by atoms with van der Waals surface area (Å²) in [6, 6.07) is 9.42. The van der Waals surface area contributed by atoms with Crippen LogP contribution in [0.3, 0.4) is 0 Å². The molecule has 0 amide bonds. The number of hydrogen-bond donors (Lipinski definition) is 1. The highest BCUT2D eigenvalue weighted by atomic mass is 15.3. The average molecular weight is 254 g/mol. The Hall–Kier alpha value is -2.28. The lowest BCUT2D eigenvalue weighted by molar-refractivity contribution is 0.488. The van der Waals surface area contributed by atoms with Crippen LogP contribution in [-0.2, 0) is 6.54 Å². The first-order chi connectivity index (χ1) is 9.10. The van der Waals surface area contributed by atoms with Crippen molar-refractivity contribution in [3.63, 3.8) is 0 Å². The molecule has 0 atom stereocenters. The molecule has 0 fully saturated rings. The lowest BCUT2D eigenvalue weighted by Crippen LogP contribution is -2.02. The number of nitrogen functional groups attached to an aromatic ring is 1. The maximum absolute atomic E-state index is 8.79. The third kappa shape index (κ3) is 3.14. The zero-order chi connectivity index (χ0) is 13.8. The molecule has 0 aliphatic rings. The van der Waals surface area contributed by atoms with Crippen LogP contribution in [-0.4, -0.2) is 9.78 Å². The van der Waals surface area contributed by atoms with Crippen molar-refractivity contribution in [1.82, 2.24) is 9.78 Å². The molecule has 4 heteroatoms. The van der Waals surface area contributed by atoms with Crippen molar-refractivity contribution < 1.29 is 0 Å². The van der Waals surface area contributed by atoms with Crippen LogP contribution in [0.2, 0.25) is 0 Å². The standard InChI is InChI=1S/C15H18N4/c1-11(2)7-8-19-10-14(17)15(18-19)13-5-3-12(9-16)4-6-13/h3-6,10-11H,7-8,17H2,1-2H3. The predicted molar refractivity (Wildman–Crippen MR) is 76.2 cm³/mol. The monoisotopic (exact) mass is 254 g/mol. The van der Waals surface area contributed by atoms with Gasteiger partial charge in [0.05, 0.1) is 17.3 Å². The highest BCUT2D eigenvalue weighted by Crippen LogP contribution is 2.24. The fraction of sp³-hybridized carbons (Fsp3) is 0.333. The van der Waals surface area contributed by atoms with Gasteiger partial charge >= 0.3 is 0 Å². The maximum Gasteiger partial charge on any atom is 0.115 e. The molecule has 0 unspecified atom stereocenters. The molecule has 4 nitrogen and oxygen atoms in total. The molecule has 2 N–H and O–H groups in total. The molecule has 0 saturated heterocycles. The van der Waals surface area contributed by atoms with Crippen molar-refractivity contribution in [3.8, 4) is 17.3 Å². The number of nitrogens with two attached hydrogens (primary N) is 1. The molecule has 1 heterocycles. The molecule has 98 valence electrons. The van der Waals surface area contributed by atoms with Gasteiger partial charge in [-0.1, -0.05) is 26.0 Å². The number of hydrogen-bond acceptors (Lipinski definition) is 3. The van der Waals surface area contributed by atoms with Gasteiger partial charge in [0.1, 0.15) is 5.69 Å². The second-order valence-corrected chi connectivity index (χ2v) is 5.07. The van der Waals surface area contributed by atoms with Gasteiger partial charge in [-0.15, -0.1) is 0 Å². The Labute approximate surface area is 113 Å². The lowest BCUT2D eigenvalue weighted by atomic mass is 10.1. The van der Waals surface area contributed by atoms with E-state index in [9.17, 15) is 0 Å². The first kappa shape index (κ1) is 13.2. The number of benzene rings is 1. The minimum Gasteiger partial charge on any atom is -0.396 e. The molecule has 0 radical (unpaired) electrons. The molecular formula is C15H18N4. The van der Waals surface area contributed by atoms with E-state index in [-0.39, 0.29) is 0 Å². The number of anilines is 1. The Morgan fingerprint density at radius 3 is 2.58 bits per heavy atom. The van der Waals surface area contributed by atoms with Gasteiger partial charge in [0.25, 0.3) is 0 Å². The quantitative estimate of drug-likeness (QED) is 0.911. The Kier molecular flexibility index (Phi) is 3.86. The highest BCUT2D eigenvalue weighted by Gasteiger charge is 2.08. The molecule has 0 saturated carbocycles. The minimum atomic E-state index is 0.640. The van der Waals surface area contributed by atoms with Crippen LogP contribution >= 0.6 is 0 Å². The van der Waals surface area contributed by atoms with Crippen molar-refractivity contribution in [2.45, 2.75) is 26.8 Å². The molecule has 1 aromatic heterocycles. The SMILES string of the molecule is CC(C)CCn1cc(N)c(-c2ccc(C#N)cc2)n1. The van der Waals surface area contributed by atoms with Gasteiger partial charge in [-0.2, -0.15) is 10.4 Å². The summed E-state index contributed by atoms with van der Waals surface area (Å²) in [6.45, 7) is 5.25. The van der Waals surface area contributed by atoms with E-state index in [1.54, 1.807) is 12.1 Å². The van der Waals surface area contributed by atoms with Crippen LogP contribution in [0.4, 0.5) is 5.69 Å². The summed E-state index contributed by atoms with van der Waals surface area (Å²) in [5.41, 5.74) is 9.05. The van der Waals surface area contributed by atoms with E-state index in [1.807, 2.05) is 23.0 Å². The Morgan fingerprint density at radius 2 is 2.00 bits per heavy atom. The van der Waals surface area contributed by atoms with Crippen molar-refractivity contribution in [2.75, 3.05) is 5.73 Å². The fourth-order valence-electron chi connectivity index (χ4n) is 1.87. The summed E-state index contributed by atoms with van der Waals surface area (Å²) in [5.74, 6) is 0.642. The van der Waals surface area contributed by atoms with Crippen molar-refractivity contribution >= 4 is 5.69 Å². The first-order valence-electron chi connectivity index (χ1n) is 6.43. The Morgan fingerprint density at radius 1 is 1.32 bits per heavy atom. The van der Waals surface area contributed by atoms with Crippen LogP contribution < -0.4 is 5.73 Å². The predicted octanol–water partition coefficient (Wildman–Crippen LogP) is 3.05. The van der Waals surface area contributed by atoms with Gasteiger partial charge in [-0.05, 0) is 24.5 Å².